The van der Waals surface area contributed by atoms with E-state index >= 15 is 0 Å². The Morgan fingerprint density at radius 2 is 0.429 bits per heavy atom. The molecule has 0 spiro atoms. The topological polar surface area (TPSA) is 203 Å². The van der Waals surface area contributed by atoms with Crippen LogP contribution in [0.5, 0.6) is 0 Å². The van der Waals surface area contributed by atoms with Gasteiger partial charge in [-0.3, -0.25) is 0 Å². The van der Waals surface area contributed by atoms with Crippen LogP contribution in [0.15, 0.2) is 0 Å². The van der Waals surface area contributed by atoms with Crippen LogP contribution in [0.3, 0.4) is 0 Å². The SMILES string of the molecule is N.N.N.N.O.O.[Co+3]. The maximum absolute atomic E-state index is 0. The van der Waals surface area contributed by atoms with Crippen molar-refractivity contribution in [2.45, 2.75) is 0 Å². The van der Waals surface area contributed by atoms with Crippen molar-refractivity contribution in [2.24, 2.45) is 0 Å². The summed E-state index contributed by atoms with van der Waals surface area (Å²) in [7, 11) is 0. The Morgan fingerprint density at radius 3 is 0.429 bits per heavy atom. The van der Waals surface area contributed by atoms with Gasteiger partial charge in [0.25, 0.3) is 0 Å². The molecule has 7 heavy (non-hydrogen) atoms. The van der Waals surface area contributed by atoms with Crippen LogP contribution in [0, 0.1) is 0 Å². The fourth-order valence-electron chi connectivity index (χ4n) is 0. The van der Waals surface area contributed by atoms with Crippen LogP contribution in [-0.4, -0.2) is 11.0 Å². The first-order valence-electron chi connectivity index (χ1n) is 0. The van der Waals surface area contributed by atoms with Crippen LogP contribution in [-0.2, 0) is 16.8 Å². The first-order valence-corrected chi connectivity index (χ1v) is 0. The van der Waals surface area contributed by atoms with E-state index in [0.29, 0.717) is 0 Å². The third-order valence-corrected chi connectivity index (χ3v) is 0. The molecule has 0 fully saturated rings. The van der Waals surface area contributed by atoms with Crippen LogP contribution in [0.1, 0.15) is 0 Å². The molecule has 0 bridgehead atoms. The normalized spacial score (nSPS) is 0. The van der Waals surface area contributed by atoms with Gasteiger partial charge in [-0.15, -0.1) is 0 Å². The largest absolute Gasteiger partial charge is 3.00 e. The molecule has 0 aliphatic rings. The molecule has 0 aliphatic carbocycles. The van der Waals surface area contributed by atoms with E-state index in [2.05, 4.69) is 0 Å². The van der Waals surface area contributed by atoms with E-state index in [9.17, 15) is 0 Å². The Kier molecular flexibility index (Phi) is 1400000. The second-order valence-corrected chi connectivity index (χ2v) is 0. The van der Waals surface area contributed by atoms with Crippen molar-refractivity contribution in [3.63, 3.8) is 0 Å². The molecular formula is H16CoN4O2+3. The van der Waals surface area contributed by atoms with Crippen molar-refractivity contribution in [3.8, 4) is 0 Å². The van der Waals surface area contributed by atoms with Crippen molar-refractivity contribution in [1.29, 1.82) is 0 Å². The molecule has 0 aromatic carbocycles. The van der Waals surface area contributed by atoms with Crippen molar-refractivity contribution in [2.75, 3.05) is 0 Å². The summed E-state index contributed by atoms with van der Waals surface area (Å²) in [5.41, 5.74) is 0. The minimum absolute atomic E-state index is 0. The molecule has 0 atom stereocenters. The maximum atomic E-state index is 0. The van der Waals surface area contributed by atoms with E-state index in [1.165, 1.54) is 0 Å². The third kappa shape index (κ3) is 1610. The van der Waals surface area contributed by atoms with E-state index in [4.69, 9.17) is 0 Å². The van der Waals surface area contributed by atoms with Crippen molar-refractivity contribution in [1.82, 2.24) is 24.6 Å². The van der Waals surface area contributed by atoms with Gasteiger partial charge in [0.15, 0.2) is 0 Å². The Bertz CT molecular complexity index is 9.65. The minimum Gasteiger partial charge on any atom is -0.412 e. The smallest absolute Gasteiger partial charge is 0.412 e. The molecule has 0 unspecified atom stereocenters. The molecule has 6 nitrogen and oxygen atoms in total. The van der Waals surface area contributed by atoms with E-state index < -0.39 is 0 Å². The zero-order valence-electron chi connectivity index (χ0n) is 4.16. The first-order chi connectivity index (χ1) is 0. The molecule has 0 heterocycles. The van der Waals surface area contributed by atoms with Gasteiger partial charge in [0.05, 0.1) is 0 Å². The molecule has 0 aromatic heterocycles. The summed E-state index contributed by atoms with van der Waals surface area (Å²) in [6.45, 7) is 0. The Labute approximate surface area is 53.2 Å². The molecule has 0 aliphatic heterocycles. The van der Waals surface area contributed by atoms with Gasteiger partial charge >= 0.3 is 16.8 Å². The zero-order valence-corrected chi connectivity index (χ0v) is 5.20. The van der Waals surface area contributed by atoms with Gasteiger partial charge < -0.3 is 35.6 Å². The molecule has 0 rings (SSSR count). The van der Waals surface area contributed by atoms with Crippen LogP contribution >= 0.6 is 0 Å². The summed E-state index contributed by atoms with van der Waals surface area (Å²) in [4.78, 5) is 0. The molecular weight excluding hydrogens is 147 g/mol. The van der Waals surface area contributed by atoms with Crippen LogP contribution in [0.4, 0.5) is 0 Å². The predicted octanol–water partition coefficient (Wildman–Crippen LogP) is -1.00. The number of hydrogen-bond acceptors (Lipinski definition) is 4. The predicted molar refractivity (Wildman–Crippen MR) is 27.3 cm³/mol. The van der Waals surface area contributed by atoms with Gasteiger partial charge in [-0.2, -0.15) is 0 Å². The van der Waals surface area contributed by atoms with Crippen LogP contribution in [0.2, 0.25) is 0 Å². The van der Waals surface area contributed by atoms with Crippen molar-refractivity contribution in [3.05, 3.63) is 0 Å². The monoisotopic (exact) mass is 163 g/mol. The van der Waals surface area contributed by atoms with E-state index in [1.807, 2.05) is 0 Å². The Balaban J connectivity index is 0. The first kappa shape index (κ1) is 4020. The summed E-state index contributed by atoms with van der Waals surface area (Å²) >= 11 is 0. The maximum Gasteiger partial charge on any atom is 3.00 e. The summed E-state index contributed by atoms with van der Waals surface area (Å²) in [6, 6.07) is 0. The Morgan fingerprint density at radius 1 is 0.429 bits per heavy atom. The average molecular weight is 163 g/mol. The van der Waals surface area contributed by atoms with Gasteiger partial charge in [0.2, 0.25) is 0 Å². The van der Waals surface area contributed by atoms with Crippen LogP contribution in [0.25, 0.3) is 0 Å². The summed E-state index contributed by atoms with van der Waals surface area (Å²) < 4.78 is 0. The average Bonchev–Trinajstić information content (AvgIpc) is 0. The zero-order chi connectivity index (χ0) is 0. The summed E-state index contributed by atoms with van der Waals surface area (Å²) in [5.74, 6) is 0. The van der Waals surface area contributed by atoms with E-state index in [1.54, 1.807) is 0 Å². The Hall–Kier alpha value is 0.266. The van der Waals surface area contributed by atoms with Gasteiger partial charge in [0.1, 0.15) is 0 Å². The standard InChI is InChI=1S/Co.4H3N.2H2O/h;4*1H3;2*1H2/q+3;;;;;;. The van der Waals surface area contributed by atoms with Crippen molar-refractivity contribution >= 4 is 0 Å². The van der Waals surface area contributed by atoms with E-state index in [0.717, 1.165) is 0 Å². The molecule has 16 N–H and O–H groups in total. The molecule has 0 saturated heterocycles. The second-order valence-electron chi connectivity index (χ2n) is 0. The quantitative estimate of drug-likeness (QED) is 0.354. The fourth-order valence-corrected chi connectivity index (χ4v) is 0. The molecule has 54 valence electrons. The van der Waals surface area contributed by atoms with Gasteiger partial charge in [-0.1, -0.05) is 0 Å². The second kappa shape index (κ2) is 2450. The summed E-state index contributed by atoms with van der Waals surface area (Å²) in [5, 5.41) is 0. The van der Waals surface area contributed by atoms with Gasteiger partial charge in [-0.25, -0.2) is 0 Å². The third-order valence-electron chi connectivity index (χ3n) is 0. The molecule has 0 saturated carbocycles. The van der Waals surface area contributed by atoms with Gasteiger partial charge in [0, 0.05) is 0 Å². The van der Waals surface area contributed by atoms with Gasteiger partial charge in [-0.05, 0) is 0 Å². The minimum atomic E-state index is 0. The van der Waals surface area contributed by atoms with E-state index in [-0.39, 0.29) is 52.3 Å². The van der Waals surface area contributed by atoms with Crippen molar-refractivity contribution < 1.29 is 27.7 Å². The molecule has 0 aromatic rings. The molecule has 0 amide bonds. The molecule has 7 heteroatoms. The number of rotatable bonds is 0. The summed E-state index contributed by atoms with van der Waals surface area (Å²) in [6.07, 6.45) is 0. The number of hydrogen-bond donors (Lipinski definition) is 4. The molecule has 0 radical (unpaired) electrons. The van der Waals surface area contributed by atoms with Crippen LogP contribution < -0.4 is 24.6 Å². The fraction of sp³-hybridized carbons (Fsp3) is 0.